The maximum Gasteiger partial charge on any atom is 0.359 e. The van der Waals surface area contributed by atoms with Crippen molar-refractivity contribution in [2.75, 3.05) is 0 Å². The smallest absolute Gasteiger partial charge is 0.359 e. The lowest BCUT2D eigenvalue weighted by Gasteiger charge is -2.07. The molecule has 2 aromatic carbocycles. The van der Waals surface area contributed by atoms with Crippen LogP contribution in [0.25, 0.3) is 11.0 Å². The van der Waals surface area contributed by atoms with E-state index in [9.17, 15) is 18.3 Å². The monoisotopic (exact) mass is 336 g/mol. The molecular weight excluding hydrogens is 328 g/mol. The lowest BCUT2D eigenvalue weighted by molar-refractivity contribution is 0.442. The van der Waals surface area contributed by atoms with E-state index in [0.717, 1.165) is 0 Å². The third kappa shape index (κ3) is 2.26. The zero-order chi connectivity index (χ0) is 15.9. The average Bonchev–Trinajstić information content (AvgIpc) is 2.47. The fraction of sp³-hybridized carbons (Fsp3) is 0. The highest BCUT2D eigenvalue weighted by molar-refractivity contribution is 7.91. The van der Waals surface area contributed by atoms with Gasteiger partial charge in [-0.15, -0.1) is 0 Å². The van der Waals surface area contributed by atoms with Gasteiger partial charge in [-0.1, -0.05) is 29.8 Å². The summed E-state index contributed by atoms with van der Waals surface area (Å²) in [5, 5.41) is 10.6. The van der Waals surface area contributed by atoms with Crippen LogP contribution >= 0.6 is 11.6 Å². The van der Waals surface area contributed by atoms with Gasteiger partial charge < -0.3 is 9.52 Å². The van der Waals surface area contributed by atoms with Gasteiger partial charge in [0.25, 0.3) is 0 Å². The van der Waals surface area contributed by atoms with Gasteiger partial charge >= 0.3 is 5.63 Å². The van der Waals surface area contributed by atoms with Crippen molar-refractivity contribution < 1.29 is 17.9 Å². The Hall–Kier alpha value is -2.31. The molecule has 0 amide bonds. The Morgan fingerprint density at radius 3 is 2.50 bits per heavy atom. The van der Waals surface area contributed by atoms with Crippen molar-refractivity contribution in [1.29, 1.82) is 0 Å². The van der Waals surface area contributed by atoms with E-state index < -0.39 is 26.1 Å². The van der Waals surface area contributed by atoms with Crippen LogP contribution in [-0.2, 0) is 9.84 Å². The van der Waals surface area contributed by atoms with Gasteiger partial charge in [0.1, 0.15) is 5.58 Å². The Bertz CT molecular complexity index is 1040. The van der Waals surface area contributed by atoms with Gasteiger partial charge in [0.2, 0.25) is 9.84 Å². The first-order chi connectivity index (χ1) is 10.4. The number of benzene rings is 2. The first-order valence-corrected chi connectivity index (χ1v) is 8.03. The van der Waals surface area contributed by atoms with E-state index in [0.29, 0.717) is 0 Å². The number of sulfone groups is 1. The Kier molecular flexibility index (Phi) is 3.42. The molecule has 0 radical (unpaired) electrons. The van der Waals surface area contributed by atoms with Gasteiger partial charge in [-0.3, -0.25) is 0 Å². The highest BCUT2D eigenvalue weighted by atomic mass is 35.5. The third-order valence-corrected chi connectivity index (χ3v) is 5.13. The van der Waals surface area contributed by atoms with Crippen molar-refractivity contribution >= 4 is 32.4 Å². The SMILES string of the molecule is O=c1oc2ccccc2c(O)c1S(=O)(=O)c1cccc(Cl)c1. The topological polar surface area (TPSA) is 84.6 Å². The van der Waals surface area contributed by atoms with Crippen molar-refractivity contribution in [3.8, 4) is 5.75 Å². The molecule has 1 N–H and O–H groups in total. The minimum atomic E-state index is -4.25. The number of hydrogen-bond donors (Lipinski definition) is 1. The van der Waals surface area contributed by atoms with Gasteiger partial charge in [0.05, 0.1) is 10.3 Å². The molecule has 0 aliphatic heterocycles. The molecule has 3 rings (SSSR count). The van der Waals surface area contributed by atoms with Gasteiger partial charge in [-0.25, -0.2) is 13.2 Å². The second-order valence-corrected chi connectivity index (χ2v) is 6.85. The summed E-state index contributed by atoms with van der Waals surface area (Å²) in [6.07, 6.45) is 0. The first-order valence-electron chi connectivity index (χ1n) is 6.17. The summed E-state index contributed by atoms with van der Waals surface area (Å²) in [6.45, 7) is 0. The number of aromatic hydroxyl groups is 1. The molecule has 0 aliphatic carbocycles. The average molecular weight is 337 g/mol. The van der Waals surface area contributed by atoms with Crippen LogP contribution in [0.2, 0.25) is 5.02 Å². The summed E-state index contributed by atoms with van der Waals surface area (Å²) in [5.74, 6) is -0.633. The Morgan fingerprint density at radius 2 is 1.77 bits per heavy atom. The number of halogens is 1. The molecule has 112 valence electrons. The van der Waals surface area contributed by atoms with Crippen molar-refractivity contribution in [2.24, 2.45) is 0 Å². The molecule has 7 heteroatoms. The maximum absolute atomic E-state index is 12.6. The van der Waals surface area contributed by atoms with Gasteiger partial charge in [0, 0.05) is 5.02 Å². The van der Waals surface area contributed by atoms with E-state index in [4.69, 9.17) is 16.0 Å². The number of fused-ring (bicyclic) bond motifs is 1. The highest BCUT2D eigenvalue weighted by Crippen LogP contribution is 2.32. The first kappa shape index (κ1) is 14.6. The molecule has 22 heavy (non-hydrogen) atoms. The largest absolute Gasteiger partial charge is 0.506 e. The number of para-hydroxylation sites is 1. The molecule has 0 atom stereocenters. The lowest BCUT2D eigenvalue weighted by atomic mass is 10.2. The van der Waals surface area contributed by atoms with E-state index in [-0.39, 0.29) is 20.9 Å². The van der Waals surface area contributed by atoms with Crippen LogP contribution in [0.4, 0.5) is 0 Å². The molecule has 0 saturated heterocycles. The third-order valence-electron chi connectivity index (χ3n) is 3.12. The maximum atomic E-state index is 12.6. The summed E-state index contributed by atoms with van der Waals surface area (Å²) in [6, 6.07) is 11.6. The minimum absolute atomic E-state index is 0.107. The van der Waals surface area contributed by atoms with E-state index in [1.54, 1.807) is 12.1 Å². The van der Waals surface area contributed by atoms with Gasteiger partial charge in [-0.05, 0) is 30.3 Å². The molecule has 1 aromatic heterocycles. The van der Waals surface area contributed by atoms with E-state index in [2.05, 4.69) is 0 Å². The minimum Gasteiger partial charge on any atom is -0.506 e. The highest BCUT2D eigenvalue weighted by Gasteiger charge is 2.28. The Labute approximate surface area is 130 Å². The Balaban J connectivity index is 2.37. The van der Waals surface area contributed by atoms with Crippen LogP contribution in [0.5, 0.6) is 5.75 Å². The van der Waals surface area contributed by atoms with Crippen LogP contribution in [0, 0.1) is 0 Å². The standard InChI is InChI=1S/C15H9ClO5S/c16-9-4-3-5-10(8-9)22(19,20)14-13(17)11-6-1-2-7-12(11)21-15(14)18/h1-8,17H. The van der Waals surface area contributed by atoms with Crippen LogP contribution in [0.1, 0.15) is 0 Å². The van der Waals surface area contributed by atoms with Crippen LogP contribution in [0.3, 0.4) is 0 Å². The quantitative estimate of drug-likeness (QED) is 0.727. The second kappa shape index (κ2) is 5.15. The van der Waals surface area contributed by atoms with Crippen LogP contribution in [-0.4, -0.2) is 13.5 Å². The molecule has 0 spiro atoms. The van der Waals surface area contributed by atoms with E-state index in [1.807, 2.05) is 0 Å². The van der Waals surface area contributed by atoms with Crippen molar-refractivity contribution in [3.05, 3.63) is 64.0 Å². The summed E-state index contributed by atoms with van der Waals surface area (Å²) >= 11 is 5.78. The van der Waals surface area contributed by atoms with Crippen LogP contribution in [0.15, 0.2) is 67.5 Å². The fourth-order valence-electron chi connectivity index (χ4n) is 2.11. The molecule has 0 bridgehead atoms. The van der Waals surface area contributed by atoms with E-state index >= 15 is 0 Å². The zero-order valence-corrected chi connectivity index (χ0v) is 12.6. The number of rotatable bonds is 2. The predicted octanol–water partition coefficient (Wildman–Crippen LogP) is 2.98. The summed E-state index contributed by atoms with van der Waals surface area (Å²) in [7, 11) is -4.25. The molecule has 0 aliphatic rings. The lowest BCUT2D eigenvalue weighted by Crippen LogP contribution is -2.15. The van der Waals surface area contributed by atoms with Gasteiger partial charge in [-0.2, -0.15) is 0 Å². The Morgan fingerprint density at radius 1 is 1.05 bits per heavy atom. The second-order valence-electron chi connectivity index (χ2n) is 4.52. The van der Waals surface area contributed by atoms with Crippen molar-refractivity contribution in [2.45, 2.75) is 9.79 Å². The molecule has 0 fully saturated rings. The fourth-order valence-corrected chi connectivity index (χ4v) is 3.76. The van der Waals surface area contributed by atoms with E-state index in [1.165, 1.54) is 36.4 Å². The van der Waals surface area contributed by atoms with Crippen molar-refractivity contribution in [1.82, 2.24) is 0 Å². The molecule has 5 nitrogen and oxygen atoms in total. The summed E-state index contributed by atoms with van der Waals surface area (Å²) < 4.78 is 30.2. The van der Waals surface area contributed by atoms with Crippen molar-refractivity contribution in [3.63, 3.8) is 0 Å². The zero-order valence-electron chi connectivity index (χ0n) is 11.0. The van der Waals surface area contributed by atoms with Gasteiger partial charge in [0.15, 0.2) is 10.6 Å². The van der Waals surface area contributed by atoms with Crippen LogP contribution < -0.4 is 5.63 Å². The number of hydrogen-bond acceptors (Lipinski definition) is 5. The molecule has 0 unspecified atom stereocenters. The molecule has 1 heterocycles. The normalized spacial score (nSPS) is 11.7. The summed E-state index contributed by atoms with van der Waals surface area (Å²) in [4.78, 5) is 11.0. The molecule has 0 saturated carbocycles. The molecular formula is C15H9ClO5S. The predicted molar refractivity (Wildman–Crippen MR) is 81.1 cm³/mol. The molecule has 3 aromatic rings. The summed E-state index contributed by atoms with van der Waals surface area (Å²) in [5.41, 5.74) is -1.02.